The number of carbonyl (C=O) groups excluding carboxylic acids is 1. The fourth-order valence-corrected chi connectivity index (χ4v) is 7.15. The Bertz CT molecular complexity index is 1230. The Labute approximate surface area is 194 Å². The summed E-state index contributed by atoms with van der Waals surface area (Å²) in [5, 5.41) is 2.69. The van der Waals surface area contributed by atoms with Crippen LogP contribution in [0.4, 0.5) is 5.69 Å². The maximum absolute atomic E-state index is 13.0. The van der Waals surface area contributed by atoms with Crippen molar-refractivity contribution >= 4 is 31.6 Å². The number of ether oxygens (including phenoxy) is 1. The minimum absolute atomic E-state index is 0.0300. The van der Waals surface area contributed by atoms with Crippen LogP contribution in [0.25, 0.3) is 0 Å². The monoisotopic (exact) mass is 493 g/mol. The van der Waals surface area contributed by atoms with Crippen LogP contribution in [-0.2, 0) is 20.0 Å². The Kier molecular flexibility index (Phi) is 6.76. The molecule has 0 saturated carbocycles. The molecule has 2 aliphatic rings. The van der Waals surface area contributed by atoms with Crippen LogP contribution in [0.1, 0.15) is 36.0 Å². The van der Waals surface area contributed by atoms with E-state index in [0.29, 0.717) is 31.9 Å². The topological polar surface area (TPSA) is 113 Å². The van der Waals surface area contributed by atoms with Crippen molar-refractivity contribution in [1.82, 2.24) is 8.61 Å². The molecule has 0 radical (unpaired) electrons. The molecule has 33 heavy (non-hydrogen) atoms. The molecule has 0 bridgehead atoms. The molecule has 0 spiro atoms. The average molecular weight is 494 g/mol. The van der Waals surface area contributed by atoms with Crippen molar-refractivity contribution in [3.05, 3.63) is 48.0 Å². The lowest BCUT2D eigenvalue weighted by Gasteiger charge is -2.17. The smallest absolute Gasteiger partial charge is 0.259 e. The fraction of sp³-hybridized carbons (Fsp3) is 0.409. The molecule has 0 aromatic heterocycles. The van der Waals surface area contributed by atoms with Gasteiger partial charge >= 0.3 is 0 Å². The summed E-state index contributed by atoms with van der Waals surface area (Å²) in [5.74, 6) is -0.318. The Morgan fingerprint density at radius 3 is 1.79 bits per heavy atom. The summed E-state index contributed by atoms with van der Waals surface area (Å²) in [6.07, 6.45) is 3.32. The molecule has 1 N–H and O–H groups in total. The van der Waals surface area contributed by atoms with Crippen LogP contribution in [0.5, 0.6) is 5.75 Å². The first-order valence-corrected chi connectivity index (χ1v) is 13.7. The molecule has 1 amide bonds. The van der Waals surface area contributed by atoms with Gasteiger partial charge in [0.15, 0.2) is 0 Å². The zero-order valence-corrected chi connectivity index (χ0v) is 20.0. The van der Waals surface area contributed by atoms with Crippen molar-refractivity contribution in [1.29, 1.82) is 0 Å². The highest BCUT2D eigenvalue weighted by Crippen LogP contribution is 2.28. The van der Waals surface area contributed by atoms with Gasteiger partial charge in [0.25, 0.3) is 5.91 Å². The second kappa shape index (κ2) is 9.41. The molecule has 2 heterocycles. The third kappa shape index (κ3) is 4.77. The first-order valence-electron chi connectivity index (χ1n) is 10.8. The first kappa shape index (κ1) is 23.7. The fourth-order valence-electron chi connectivity index (χ4n) is 4.09. The van der Waals surface area contributed by atoms with Gasteiger partial charge in [0.1, 0.15) is 5.75 Å². The number of methoxy groups -OCH3 is 1. The molecule has 178 valence electrons. The first-order chi connectivity index (χ1) is 15.7. The number of nitrogens with zero attached hydrogens (tertiary/aromatic N) is 2. The average Bonchev–Trinajstić information content (AvgIpc) is 3.54. The Hall–Kier alpha value is -2.47. The zero-order chi connectivity index (χ0) is 23.6. The second-order valence-electron chi connectivity index (χ2n) is 8.06. The van der Waals surface area contributed by atoms with E-state index >= 15 is 0 Å². The van der Waals surface area contributed by atoms with Gasteiger partial charge in [0, 0.05) is 31.9 Å². The van der Waals surface area contributed by atoms with Gasteiger partial charge < -0.3 is 10.1 Å². The van der Waals surface area contributed by atoms with Crippen molar-refractivity contribution in [2.75, 3.05) is 38.6 Å². The van der Waals surface area contributed by atoms with E-state index in [1.54, 1.807) is 0 Å². The Balaban J connectivity index is 1.55. The summed E-state index contributed by atoms with van der Waals surface area (Å²) in [5.41, 5.74) is 0.460. The van der Waals surface area contributed by atoms with Gasteiger partial charge in [0.2, 0.25) is 20.0 Å². The quantitative estimate of drug-likeness (QED) is 0.634. The zero-order valence-electron chi connectivity index (χ0n) is 18.4. The standard InChI is InChI=1S/C22H27N3O6S2/c1-31-21-11-10-19(33(29,30)25-14-4-5-15-25)16-20(21)22(26)23-17-6-8-18(9-7-17)32(27,28)24-12-2-3-13-24/h6-11,16H,2-5,12-15H2,1H3,(H,23,26). The van der Waals surface area contributed by atoms with Gasteiger partial charge in [-0.2, -0.15) is 8.61 Å². The molecule has 2 aliphatic heterocycles. The van der Waals surface area contributed by atoms with E-state index in [1.807, 2.05) is 0 Å². The maximum Gasteiger partial charge on any atom is 0.259 e. The third-order valence-corrected chi connectivity index (χ3v) is 9.74. The number of hydrogen-bond donors (Lipinski definition) is 1. The highest BCUT2D eigenvalue weighted by molar-refractivity contribution is 7.89. The van der Waals surface area contributed by atoms with E-state index in [4.69, 9.17) is 4.74 Å². The van der Waals surface area contributed by atoms with E-state index in [0.717, 1.165) is 25.7 Å². The van der Waals surface area contributed by atoms with Crippen LogP contribution in [0.15, 0.2) is 52.3 Å². The van der Waals surface area contributed by atoms with Crippen LogP contribution in [-0.4, -0.2) is 64.6 Å². The molecule has 0 aliphatic carbocycles. The van der Waals surface area contributed by atoms with E-state index in [-0.39, 0.29) is 21.1 Å². The number of hydrogen-bond acceptors (Lipinski definition) is 6. The van der Waals surface area contributed by atoms with Crippen LogP contribution < -0.4 is 10.1 Å². The van der Waals surface area contributed by atoms with E-state index in [1.165, 1.54) is 58.2 Å². The lowest BCUT2D eigenvalue weighted by atomic mass is 10.2. The van der Waals surface area contributed by atoms with Gasteiger partial charge in [0.05, 0.1) is 22.5 Å². The molecule has 11 heteroatoms. The summed E-state index contributed by atoms with van der Waals surface area (Å²) in [7, 11) is -5.84. The van der Waals surface area contributed by atoms with Crippen LogP contribution >= 0.6 is 0 Å². The second-order valence-corrected chi connectivity index (χ2v) is 11.9. The summed E-state index contributed by atoms with van der Waals surface area (Å²) >= 11 is 0. The number of rotatable bonds is 7. The number of sulfonamides is 2. The molecular formula is C22H27N3O6S2. The molecule has 0 unspecified atom stereocenters. The van der Waals surface area contributed by atoms with Crippen molar-refractivity contribution in [3.8, 4) is 5.75 Å². The number of anilines is 1. The normalized spacial score (nSPS) is 17.8. The third-order valence-electron chi connectivity index (χ3n) is 5.93. The predicted molar refractivity (Wildman–Crippen MR) is 123 cm³/mol. The van der Waals surface area contributed by atoms with Crippen molar-refractivity contribution in [2.24, 2.45) is 0 Å². The van der Waals surface area contributed by atoms with Crippen molar-refractivity contribution < 1.29 is 26.4 Å². The van der Waals surface area contributed by atoms with Crippen molar-refractivity contribution in [2.45, 2.75) is 35.5 Å². The van der Waals surface area contributed by atoms with Gasteiger partial charge in [-0.1, -0.05) is 0 Å². The van der Waals surface area contributed by atoms with Crippen LogP contribution in [0.3, 0.4) is 0 Å². The minimum Gasteiger partial charge on any atom is -0.496 e. The molecule has 2 aromatic rings. The number of benzene rings is 2. The summed E-state index contributed by atoms with van der Waals surface area (Å²) < 4.78 is 59.3. The molecule has 0 atom stereocenters. The van der Waals surface area contributed by atoms with Gasteiger partial charge in [-0.05, 0) is 68.1 Å². The lowest BCUT2D eigenvalue weighted by Crippen LogP contribution is -2.28. The van der Waals surface area contributed by atoms with Gasteiger partial charge in [-0.15, -0.1) is 0 Å². The summed E-state index contributed by atoms with van der Waals surface area (Å²) in [6, 6.07) is 10.1. The molecule has 2 saturated heterocycles. The molecule has 2 fully saturated rings. The number of amides is 1. The molecule has 2 aromatic carbocycles. The van der Waals surface area contributed by atoms with E-state index in [9.17, 15) is 21.6 Å². The molecular weight excluding hydrogens is 466 g/mol. The minimum atomic E-state index is -3.70. The van der Waals surface area contributed by atoms with E-state index in [2.05, 4.69) is 5.32 Å². The number of carbonyl (C=O) groups is 1. The van der Waals surface area contributed by atoms with E-state index < -0.39 is 26.0 Å². The highest BCUT2D eigenvalue weighted by atomic mass is 32.2. The molecule has 9 nitrogen and oxygen atoms in total. The van der Waals surface area contributed by atoms with Crippen molar-refractivity contribution in [3.63, 3.8) is 0 Å². The van der Waals surface area contributed by atoms with Crippen LogP contribution in [0, 0.1) is 0 Å². The van der Waals surface area contributed by atoms with Gasteiger partial charge in [-0.3, -0.25) is 4.79 Å². The van der Waals surface area contributed by atoms with Crippen LogP contribution in [0.2, 0.25) is 0 Å². The SMILES string of the molecule is COc1ccc(S(=O)(=O)N2CCCC2)cc1C(=O)Nc1ccc(S(=O)(=O)N2CCCC2)cc1. The lowest BCUT2D eigenvalue weighted by molar-refractivity contribution is 0.102. The van der Waals surface area contributed by atoms with Gasteiger partial charge in [-0.25, -0.2) is 16.8 Å². The summed E-state index contributed by atoms with van der Waals surface area (Å²) in [6.45, 7) is 1.94. The summed E-state index contributed by atoms with van der Waals surface area (Å²) in [4.78, 5) is 13.2. The maximum atomic E-state index is 13.0. The highest BCUT2D eigenvalue weighted by Gasteiger charge is 2.29. The largest absolute Gasteiger partial charge is 0.496 e. The molecule has 4 rings (SSSR count). The predicted octanol–water partition coefficient (Wildman–Crippen LogP) is 2.52. The Morgan fingerprint density at radius 2 is 1.27 bits per heavy atom. The Morgan fingerprint density at radius 1 is 0.788 bits per heavy atom. The number of nitrogens with one attached hydrogen (secondary N) is 1.